The van der Waals surface area contributed by atoms with Crippen LogP contribution in [-0.2, 0) is 5.54 Å². The third-order valence-corrected chi connectivity index (χ3v) is 6.24. The van der Waals surface area contributed by atoms with E-state index >= 15 is 0 Å². The molecule has 0 spiro atoms. The molecule has 2 amide bonds. The van der Waals surface area contributed by atoms with Gasteiger partial charge >= 0.3 is 6.03 Å². The number of anilines is 1. The van der Waals surface area contributed by atoms with Crippen LogP contribution < -0.4 is 5.32 Å². The summed E-state index contributed by atoms with van der Waals surface area (Å²) in [5, 5.41) is 15.3. The van der Waals surface area contributed by atoms with Crippen LogP contribution in [0.15, 0.2) is 34.9 Å². The van der Waals surface area contributed by atoms with Gasteiger partial charge in [-0.1, -0.05) is 18.5 Å². The number of amides is 2. The molecule has 5 rings (SSSR count). The molecule has 0 radical (unpaired) electrons. The fourth-order valence-electron chi connectivity index (χ4n) is 4.83. The molecule has 2 aliphatic rings. The summed E-state index contributed by atoms with van der Waals surface area (Å²) in [5.41, 5.74) is 0.248. The van der Waals surface area contributed by atoms with Crippen LogP contribution >= 0.6 is 11.6 Å². The molecule has 8 nitrogen and oxygen atoms in total. The summed E-state index contributed by atoms with van der Waals surface area (Å²) in [5.74, 6) is 0.862. The standard InChI is InChI=1S/C20H20ClFN6O2/c1-11-7-14-10-20(9-11,18-26-25-12(2)30-18)27(14)19(29)24-13-3-4-15(21)16(8-13)28-17(22)5-6-23-28/h3-6,8,11,14H,7,9-10H2,1-2H3,(H,24,29). The van der Waals surface area contributed by atoms with E-state index in [2.05, 4.69) is 27.5 Å². The molecule has 1 aliphatic carbocycles. The van der Waals surface area contributed by atoms with E-state index in [0.29, 0.717) is 34.1 Å². The van der Waals surface area contributed by atoms with Crippen molar-refractivity contribution in [1.82, 2.24) is 24.9 Å². The molecule has 3 heterocycles. The molecule has 2 bridgehead atoms. The number of fused-ring (bicyclic) bond motifs is 2. The first-order chi connectivity index (χ1) is 14.4. The van der Waals surface area contributed by atoms with E-state index < -0.39 is 11.5 Å². The van der Waals surface area contributed by atoms with Crippen molar-refractivity contribution in [3.63, 3.8) is 0 Å². The summed E-state index contributed by atoms with van der Waals surface area (Å²) in [6.45, 7) is 3.91. The number of aromatic nitrogens is 4. The zero-order chi connectivity index (χ0) is 21.0. The van der Waals surface area contributed by atoms with Crippen molar-refractivity contribution in [3.05, 3.63) is 53.2 Å². The minimum Gasteiger partial charge on any atom is -0.423 e. The number of halogens is 2. The average Bonchev–Trinajstić information content (AvgIpc) is 3.31. The number of hydrogen-bond donors (Lipinski definition) is 1. The minimum absolute atomic E-state index is 0.108. The Morgan fingerprint density at radius 2 is 2.17 bits per heavy atom. The van der Waals surface area contributed by atoms with Gasteiger partial charge in [-0.25, -0.2) is 9.48 Å². The van der Waals surface area contributed by atoms with Gasteiger partial charge in [-0.05, 0) is 37.0 Å². The van der Waals surface area contributed by atoms with Crippen LogP contribution in [0.25, 0.3) is 5.69 Å². The predicted octanol–water partition coefficient (Wildman–Crippen LogP) is 4.29. The van der Waals surface area contributed by atoms with Gasteiger partial charge in [0.2, 0.25) is 17.7 Å². The summed E-state index contributed by atoms with van der Waals surface area (Å²) < 4.78 is 20.8. The summed E-state index contributed by atoms with van der Waals surface area (Å²) in [6, 6.07) is 5.95. The number of aryl methyl sites for hydroxylation is 1. The summed E-state index contributed by atoms with van der Waals surface area (Å²) >= 11 is 6.22. The van der Waals surface area contributed by atoms with Crippen molar-refractivity contribution < 1.29 is 13.6 Å². The highest BCUT2D eigenvalue weighted by molar-refractivity contribution is 6.32. The third-order valence-electron chi connectivity index (χ3n) is 5.93. The van der Waals surface area contributed by atoms with Crippen LogP contribution in [0.4, 0.5) is 14.9 Å². The molecule has 1 aromatic carbocycles. The highest BCUT2D eigenvalue weighted by Gasteiger charge is 2.62. The maximum Gasteiger partial charge on any atom is 0.323 e. The lowest BCUT2D eigenvalue weighted by Crippen LogP contribution is -2.70. The molecule has 2 aromatic heterocycles. The number of likely N-dealkylation sites (tertiary alicyclic amines) is 1. The number of urea groups is 1. The largest absolute Gasteiger partial charge is 0.423 e. The molecule has 156 valence electrons. The van der Waals surface area contributed by atoms with E-state index in [1.165, 1.54) is 12.3 Å². The van der Waals surface area contributed by atoms with E-state index in [0.717, 1.165) is 23.9 Å². The number of piperidine rings is 1. The van der Waals surface area contributed by atoms with Crippen molar-refractivity contribution in [2.45, 2.75) is 44.7 Å². The van der Waals surface area contributed by atoms with Crippen LogP contribution in [0, 0.1) is 18.8 Å². The lowest BCUT2D eigenvalue weighted by atomic mass is 9.64. The highest BCUT2D eigenvalue weighted by atomic mass is 35.5. The Kier molecular flexibility index (Phi) is 4.32. The molecule has 3 unspecified atom stereocenters. The first-order valence-electron chi connectivity index (χ1n) is 9.78. The van der Waals surface area contributed by atoms with E-state index in [4.69, 9.17) is 16.0 Å². The van der Waals surface area contributed by atoms with E-state index in [1.54, 1.807) is 25.1 Å². The van der Waals surface area contributed by atoms with Gasteiger partial charge < -0.3 is 14.6 Å². The molecule has 3 aromatic rings. The predicted molar refractivity (Wildman–Crippen MR) is 107 cm³/mol. The third kappa shape index (κ3) is 2.87. The van der Waals surface area contributed by atoms with Crippen LogP contribution in [-0.4, -0.2) is 37.0 Å². The zero-order valence-corrected chi connectivity index (χ0v) is 17.2. The van der Waals surface area contributed by atoms with Crippen LogP contribution in [0.2, 0.25) is 5.02 Å². The number of hydrogen-bond acceptors (Lipinski definition) is 5. The number of rotatable bonds is 3. The van der Waals surface area contributed by atoms with Crippen molar-refractivity contribution in [3.8, 4) is 5.69 Å². The first kappa shape index (κ1) is 19.0. The molecule has 1 saturated carbocycles. The number of nitrogens with zero attached hydrogens (tertiary/aromatic N) is 5. The lowest BCUT2D eigenvalue weighted by Gasteiger charge is -2.61. The van der Waals surface area contributed by atoms with Crippen LogP contribution in [0.1, 0.15) is 38.0 Å². The van der Waals surface area contributed by atoms with Gasteiger partial charge in [-0.3, -0.25) is 0 Å². The minimum atomic E-state index is -0.586. The highest BCUT2D eigenvalue weighted by Crippen LogP contribution is 2.55. The van der Waals surface area contributed by atoms with E-state index in [-0.39, 0.29) is 12.1 Å². The van der Waals surface area contributed by atoms with E-state index in [1.807, 2.05) is 4.90 Å². The molecule has 1 aliphatic heterocycles. The van der Waals surface area contributed by atoms with Gasteiger partial charge in [0, 0.05) is 31.1 Å². The quantitative estimate of drug-likeness (QED) is 0.669. The van der Waals surface area contributed by atoms with Gasteiger partial charge in [-0.15, -0.1) is 10.2 Å². The summed E-state index contributed by atoms with van der Waals surface area (Å²) in [7, 11) is 0. The maximum atomic E-state index is 14.0. The first-order valence-corrected chi connectivity index (χ1v) is 10.2. The van der Waals surface area contributed by atoms with Crippen LogP contribution in [0.3, 0.4) is 0 Å². The van der Waals surface area contributed by atoms with Crippen molar-refractivity contribution in [1.29, 1.82) is 0 Å². The maximum absolute atomic E-state index is 14.0. The number of benzene rings is 1. The number of carbonyl (C=O) groups excluding carboxylic acids is 1. The van der Waals surface area contributed by atoms with Gasteiger partial charge in [-0.2, -0.15) is 9.49 Å². The Labute approximate surface area is 177 Å². The van der Waals surface area contributed by atoms with Crippen molar-refractivity contribution in [2.75, 3.05) is 5.32 Å². The smallest absolute Gasteiger partial charge is 0.323 e. The van der Waals surface area contributed by atoms with Gasteiger partial charge in [0.15, 0.2) is 0 Å². The number of nitrogens with one attached hydrogen (secondary N) is 1. The Morgan fingerprint density at radius 1 is 1.33 bits per heavy atom. The normalized spacial score (nSPS) is 25.1. The van der Waals surface area contributed by atoms with Crippen molar-refractivity contribution in [2.24, 2.45) is 5.92 Å². The Morgan fingerprint density at radius 3 is 2.87 bits per heavy atom. The Balaban J connectivity index is 1.44. The van der Waals surface area contributed by atoms with Gasteiger partial charge in [0.05, 0.1) is 16.9 Å². The summed E-state index contributed by atoms with van der Waals surface area (Å²) in [4.78, 5) is 15.1. The zero-order valence-electron chi connectivity index (χ0n) is 16.5. The monoisotopic (exact) mass is 430 g/mol. The number of carbonyl (C=O) groups is 1. The second-order valence-corrected chi connectivity index (χ2v) is 8.50. The molecule has 1 N–H and O–H groups in total. The SMILES string of the molecule is Cc1nnc(C23CC(C)CC(C2)N3C(=O)Nc2ccc(Cl)c(-n3nccc3F)c2)o1. The molecular weight excluding hydrogens is 411 g/mol. The topological polar surface area (TPSA) is 89.1 Å². The van der Waals surface area contributed by atoms with Crippen LogP contribution in [0.5, 0.6) is 0 Å². The summed E-state index contributed by atoms with van der Waals surface area (Å²) in [6.07, 6.45) is 3.84. The average molecular weight is 431 g/mol. The molecule has 30 heavy (non-hydrogen) atoms. The lowest BCUT2D eigenvalue weighted by molar-refractivity contribution is -0.110. The molecule has 10 heteroatoms. The fourth-order valence-corrected chi connectivity index (χ4v) is 5.03. The molecule has 1 saturated heterocycles. The van der Waals surface area contributed by atoms with E-state index in [9.17, 15) is 9.18 Å². The van der Waals surface area contributed by atoms with Crippen molar-refractivity contribution >= 4 is 23.3 Å². The second kappa shape index (κ2) is 6.80. The Bertz CT molecular complexity index is 1130. The molecular formula is C20H20ClFN6O2. The van der Waals surface area contributed by atoms with Gasteiger partial charge in [0.1, 0.15) is 5.54 Å². The Hall–Kier alpha value is -2.94. The fraction of sp³-hybridized carbons (Fsp3) is 0.400. The second-order valence-electron chi connectivity index (χ2n) is 8.09. The molecule has 3 atom stereocenters. The molecule has 2 fully saturated rings. The van der Waals surface area contributed by atoms with Gasteiger partial charge in [0.25, 0.3) is 0 Å².